The molecule has 3 aromatic rings. The van der Waals surface area contributed by atoms with E-state index < -0.39 is 27.7 Å². The Morgan fingerprint density at radius 3 is 2.17 bits per heavy atom. The first-order valence-electron chi connectivity index (χ1n) is 8.77. The number of nitrogens with one attached hydrogen (secondary N) is 2. The Kier molecular flexibility index (Phi) is 6.12. The lowest BCUT2D eigenvalue weighted by atomic mass is 10.1. The quantitative estimate of drug-likeness (QED) is 0.603. The molecule has 9 heteroatoms. The molecule has 5 nitrogen and oxygen atoms in total. The van der Waals surface area contributed by atoms with Gasteiger partial charge in [-0.3, -0.25) is 9.52 Å². The Hall–Kier alpha value is -3.33. The van der Waals surface area contributed by atoms with Gasteiger partial charge in [-0.15, -0.1) is 0 Å². The Balaban J connectivity index is 1.63. The highest BCUT2D eigenvalue weighted by Gasteiger charge is 2.30. The zero-order valence-corrected chi connectivity index (χ0v) is 16.3. The van der Waals surface area contributed by atoms with Gasteiger partial charge >= 0.3 is 6.18 Å². The molecule has 0 aromatic heterocycles. The van der Waals surface area contributed by atoms with Crippen molar-refractivity contribution >= 4 is 21.6 Å². The molecule has 0 aliphatic rings. The molecule has 0 spiro atoms. The number of sulfonamides is 1. The van der Waals surface area contributed by atoms with Gasteiger partial charge in [-0.2, -0.15) is 13.2 Å². The molecule has 2 N–H and O–H groups in total. The molecule has 0 aliphatic heterocycles. The number of anilines is 1. The second-order valence-electron chi connectivity index (χ2n) is 6.38. The second kappa shape index (κ2) is 8.58. The molecule has 3 rings (SSSR count). The Bertz CT molecular complexity index is 1130. The van der Waals surface area contributed by atoms with Crippen LogP contribution in [0.2, 0.25) is 0 Å². The number of halogens is 3. The highest BCUT2D eigenvalue weighted by atomic mass is 32.2. The highest BCUT2D eigenvalue weighted by molar-refractivity contribution is 7.92. The van der Waals surface area contributed by atoms with Crippen molar-refractivity contribution in [1.29, 1.82) is 0 Å². The molecule has 0 heterocycles. The van der Waals surface area contributed by atoms with Crippen LogP contribution >= 0.6 is 0 Å². The lowest BCUT2D eigenvalue weighted by Crippen LogP contribution is -2.23. The summed E-state index contributed by atoms with van der Waals surface area (Å²) >= 11 is 0. The van der Waals surface area contributed by atoms with Gasteiger partial charge in [-0.1, -0.05) is 30.3 Å². The molecule has 0 saturated heterocycles. The number of amides is 1. The van der Waals surface area contributed by atoms with E-state index in [1.165, 1.54) is 48.5 Å². The summed E-state index contributed by atoms with van der Waals surface area (Å²) in [6.45, 7) is -0.0782. The van der Waals surface area contributed by atoms with E-state index in [1.807, 2.05) is 0 Å². The van der Waals surface area contributed by atoms with Gasteiger partial charge < -0.3 is 5.32 Å². The SMILES string of the molecule is O=C(NCc1cccc(C(F)(F)F)c1)c1ccc(NS(=O)(=O)c2ccccc2)cc1. The van der Waals surface area contributed by atoms with Gasteiger partial charge in [-0.05, 0) is 54.1 Å². The van der Waals surface area contributed by atoms with Crippen molar-refractivity contribution in [2.24, 2.45) is 0 Å². The van der Waals surface area contributed by atoms with Gasteiger partial charge in [0.1, 0.15) is 0 Å². The van der Waals surface area contributed by atoms with Crippen molar-refractivity contribution in [3.05, 3.63) is 95.6 Å². The number of benzene rings is 3. The Morgan fingerprint density at radius 2 is 1.53 bits per heavy atom. The summed E-state index contributed by atoms with van der Waals surface area (Å²) in [6, 6.07) is 18.2. The first-order chi connectivity index (χ1) is 14.1. The van der Waals surface area contributed by atoms with E-state index >= 15 is 0 Å². The van der Waals surface area contributed by atoms with Crippen LogP contribution in [0.5, 0.6) is 0 Å². The highest BCUT2D eigenvalue weighted by Crippen LogP contribution is 2.29. The van der Waals surface area contributed by atoms with Crippen LogP contribution in [0.1, 0.15) is 21.5 Å². The topological polar surface area (TPSA) is 75.3 Å². The average Bonchev–Trinajstić information content (AvgIpc) is 2.72. The van der Waals surface area contributed by atoms with Gasteiger partial charge in [0.25, 0.3) is 15.9 Å². The minimum Gasteiger partial charge on any atom is -0.348 e. The van der Waals surface area contributed by atoms with E-state index in [4.69, 9.17) is 0 Å². The monoisotopic (exact) mass is 434 g/mol. The molecular formula is C21H17F3N2O3S. The van der Waals surface area contributed by atoms with Crippen molar-refractivity contribution < 1.29 is 26.4 Å². The number of rotatable bonds is 6. The Labute approximate surface area is 171 Å². The van der Waals surface area contributed by atoms with Crippen molar-refractivity contribution in [1.82, 2.24) is 5.32 Å². The van der Waals surface area contributed by atoms with Crippen LogP contribution in [0.15, 0.2) is 83.8 Å². The summed E-state index contributed by atoms with van der Waals surface area (Å²) in [5, 5.41) is 2.54. The zero-order chi connectivity index (χ0) is 21.8. The lowest BCUT2D eigenvalue weighted by molar-refractivity contribution is -0.137. The maximum absolute atomic E-state index is 12.8. The van der Waals surface area contributed by atoms with E-state index in [1.54, 1.807) is 18.2 Å². The van der Waals surface area contributed by atoms with Crippen LogP contribution in [0.25, 0.3) is 0 Å². The third kappa shape index (κ3) is 5.38. The molecule has 0 radical (unpaired) electrons. The number of hydrogen-bond donors (Lipinski definition) is 2. The summed E-state index contributed by atoms with van der Waals surface area (Å²) in [5.74, 6) is -0.495. The van der Waals surface area contributed by atoms with Gasteiger partial charge in [0.05, 0.1) is 10.5 Å². The molecule has 0 saturated carbocycles. The van der Waals surface area contributed by atoms with E-state index in [2.05, 4.69) is 10.0 Å². The minimum atomic E-state index is -4.46. The van der Waals surface area contributed by atoms with Gasteiger partial charge in [-0.25, -0.2) is 8.42 Å². The molecule has 30 heavy (non-hydrogen) atoms. The second-order valence-corrected chi connectivity index (χ2v) is 8.06. The third-order valence-electron chi connectivity index (χ3n) is 4.16. The summed E-state index contributed by atoms with van der Waals surface area (Å²) < 4.78 is 65.3. The first kappa shape index (κ1) is 21.4. The van der Waals surface area contributed by atoms with E-state index in [0.29, 0.717) is 5.56 Å². The van der Waals surface area contributed by atoms with Crippen LogP contribution in [0.3, 0.4) is 0 Å². The largest absolute Gasteiger partial charge is 0.416 e. The normalized spacial score (nSPS) is 11.7. The van der Waals surface area contributed by atoms with Gasteiger partial charge in [0.2, 0.25) is 0 Å². The molecule has 3 aromatic carbocycles. The maximum Gasteiger partial charge on any atom is 0.416 e. The summed E-state index contributed by atoms with van der Waals surface area (Å²) in [6.07, 6.45) is -4.46. The maximum atomic E-state index is 12.8. The lowest BCUT2D eigenvalue weighted by Gasteiger charge is -2.10. The number of hydrogen-bond acceptors (Lipinski definition) is 3. The first-order valence-corrected chi connectivity index (χ1v) is 10.3. The molecular weight excluding hydrogens is 417 g/mol. The van der Waals surface area contributed by atoms with Crippen LogP contribution in [-0.4, -0.2) is 14.3 Å². The number of carbonyl (C=O) groups is 1. The third-order valence-corrected chi connectivity index (χ3v) is 5.56. The van der Waals surface area contributed by atoms with Crippen molar-refractivity contribution in [3.8, 4) is 0 Å². The van der Waals surface area contributed by atoms with Crippen LogP contribution in [-0.2, 0) is 22.7 Å². The average molecular weight is 434 g/mol. The fraction of sp³-hybridized carbons (Fsp3) is 0.0952. The summed E-state index contributed by atoms with van der Waals surface area (Å²) in [5.41, 5.74) is 0.0348. The number of carbonyl (C=O) groups excluding carboxylic acids is 1. The van der Waals surface area contributed by atoms with Crippen molar-refractivity contribution in [3.63, 3.8) is 0 Å². The van der Waals surface area contributed by atoms with Gasteiger partial charge in [0.15, 0.2) is 0 Å². The van der Waals surface area contributed by atoms with Crippen molar-refractivity contribution in [2.45, 2.75) is 17.6 Å². The summed E-state index contributed by atoms with van der Waals surface area (Å²) in [7, 11) is -3.75. The standard InChI is InChI=1S/C21H17F3N2O3S/c22-21(23,24)17-6-4-5-15(13-17)14-25-20(27)16-9-11-18(12-10-16)26-30(28,29)19-7-2-1-3-8-19/h1-13,26H,14H2,(H,25,27). The fourth-order valence-corrected chi connectivity index (χ4v) is 3.73. The zero-order valence-electron chi connectivity index (χ0n) is 15.5. The molecule has 0 aliphatic carbocycles. The predicted octanol–water partition coefficient (Wildman–Crippen LogP) is 4.44. The Morgan fingerprint density at radius 1 is 0.867 bits per heavy atom. The van der Waals surface area contributed by atoms with E-state index in [0.717, 1.165) is 12.1 Å². The minimum absolute atomic E-state index is 0.0782. The van der Waals surface area contributed by atoms with Crippen molar-refractivity contribution in [2.75, 3.05) is 4.72 Å². The van der Waals surface area contributed by atoms with Crippen LogP contribution in [0.4, 0.5) is 18.9 Å². The molecule has 0 bridgehead atoms. The molecule has 156 valence electrons. The molecule has 0 atom stereocenters. The smallest absolute Gasteiger partial charge is 0.348 e. The van der Waals surface area contributed by atoms with E-state index in [9.17, 15) is 26.4 Å². The van der Waals surface area contributed by atoms with Crippen LogP contribution < -0.4 is 10.0 Å². The predicted molar refractivity (Wildman–Crippen MR) is 106 cm³/mol. The fourth-order valence-electron chi connectivity index (χ4n) is 2.65. The van der Waals surface area contributed by atoms with Crippen LogP contribution in [0, 0.1) is 0 Å². The molecule has 1 amide bonds. The summed E-state index contributed by atoms with van der Waals surface area (Å²) in [4.78, 5) is 12.4. The van der Waals surface area contributed by atoms with E-state index in [-0.39, 0.29) is 22.7 Å². The van der Waals surface area contributed by atoms with Gasteiger partial charge in [0, 0.05) is 17.8 Å². The molecule has 0 unspecified atom stereocenters. The molecule has 0 fully saturated rings. The number of alkyl halides is 3.